The lowest BCUT2D eigenvalue weighted by Crippen LogP contribution is -2.19. The number of hydrogen-bond donors (Lipinski definition) is 2. The summed E-state index contributed by atoms with van der Waals surface area (Å²) < 4.78 is 0. The third-order valence-electron chi connectivity index (χ3n) is 2.25. The van der Waals surface area contributed by atoms with Crippen LogP contribution in [-0.4, -0.2) is 16.1 Å². The summed E-state index contributed by atoms with van der Waals surface area (Å²) in [6.07, 6.45) is 3.34. The maximum atomic E-state index is 11.4. The number of rotatable bonds is 2. The van der Waals surface area contributed by atoms with Crippen LogP contribution in [0.15, 0.2) is 48.8 Å². The molecular weight excluding hydrogens is 204 g/mol. The molecule has 0 fully saturated rings. The maximum absolute atomic E-state index is 11.4. The van der Waals surface area contributed by atoms with Crippen LogP contribution in [0.25, 0.3) is 11.1 Å². The molecule has 2 N–H and O–H groups in total. The summed E-state index contributed by atoms with van der Waals surface area (Å²) in [5.41, 5.74) is 3.62. The molecule has 0 atom stereocenters. The van der Waals surface area contributed by atoms with E-state index in [2.05, 4.69) is 4.98 Å². The van der Waals surface area contributed by atoms with E-state index in [1.54, 1.807) is 36.1 Å². The summed E-state index contributed by atoms with van der Waals surface area (Å²) in [6.45, 7) is 0. The SMILES string of the molecule is O=C(NO)c1ccccc1-c1cccnc1. The van der Waals surface area contributed by atoms with Crippen molar-refractivity contribution in [2.24, 2.45) is 0 Å². The molecule has 0 saturated heterocycles. The van der Waals surface area contributed by atoms with Gasteiger partial charge in [0.1, 0.15) is 0 Å². The lowest BCUT2D eigenvalue weighted by molar-refractivity contribution is 0.0707. The van der Waals surface area contributed by atoms with Crippen LogP contribution in [0.5, 0.6) is 0 Å². The first-order chi connectivity index (χ1) is 7.83. The molecule has 2 rings (SSSR count). The number of nitrogens with zero attached hydrogens (tertiary/aromatic N) is 1. The standard InChI is InChI=1S/C12H10N2O2/c15-12(14-16)11-6-2-1-5-10(11)9-4-3-7-13-8-9/h1-8,16H,(H,14,15). The van der Waals surface area contributed by atoms with Crippen LogP contribution in [0.4, 0.5) is 0 Å². The van der Waals surface area contributed by atoms with Crippen molar-refractivity contribution in [3.05, 3.63) is 54.4 Å². The Morgan fingerprint density at radius 1 is 1.19 bits per heavy atom. The van der Waals surface area contributed by atoms with Gasteiger partial charge in [0.2, 0.25) is 0 Å². The van der Waals surface area contributed by atoms with Crippen molar-refractivity contribution in [2.45, 2.75) is 0 Å². The number of carbonyl (C=O) groups excluding carboxylic acids is 1. The Labute approximate surface area is 92.5 Å². The van der Waals surface area contributed by atoms with Crippen LogP contribution in [0.3, 0.4) is 0 Å². The van der Waals surface area contributed by atoms with Crippen molar-refractivity contribution in [3.63, 3.8) is 0 Å². The molecule has 0 bridgehead atoms. The van der Waals surface area contributed by atoms with Gasteiger partial charge in [0.15, 0.2) is 0 Å². The highest BCUT2D eigenvalue weighted by molar-refractivity contribution is 6.00. The molecule has 0 aliphatic rings. The van der Waals surface area contributed by atoms with Crippen molar-refractivity contribution in [2.75, 3.05) is 0 Å². The van der Waals surface area contributed by atoms with E-state index >= 15 is 0 Å². The van der Waals surface area contributed by atoms with Gasteiger partial charge in [-0.1, -0.05) is 24.3 Å². The number of aromatic nitrogens is 1. The van der Waals surface area contributed by atoms with Crippen LogP contribution >= 0.6 is 0 Å². The molecule has 0 aliphatic carbocycles. The van der Waals surface area contributed by atoms with E-state index in [0.717, 1.165) is 11.1 Å². The predicted octanol–water partition coefficient (Wildman–Crippen LogP) is 1.87. The van der Waals surface area contributed by atoms with Gasteiger partial charge in [0, 0.05) is 23.5 Å². The van der Waals surface area contributed by atoms with Gasteiger partial charge in [-0.2, -0.15) is 0 Å². The van der Waals surface area contributed by atoms with E-state index in [1.165, 1.54) is 0 Å². The third kappa shape index (κ3) is 1.92. The number of nitrogens with one attached hydrogen (secondary N) is 1. The molecule has 1 amide bonds. The number of amides is 1. The van der Waals surface area contributed by atoms with Crippen LogP contribution in [0.2, 0.25) is 0 Å². The molecule has 0 spiro atoms. The zero-order valence-electron chi connectivity index (χ0n) is 8.42. The third-order valence-corrected chi connectivity index (χ3v) is 2.25. The van der Waals surface area contributed by atoms with E-state index < -0.39 is 5.91 Å². The van der Waals surface area contributed by atoms with Crippen LogP contribution in [-0.2, 0) is 0 Å². The van der Waals surface area contributed by atoms with E-state index in [1.807, 2.05) is 18.2 Å². The second-order valence-corrected chi connectivity index (χ2v) is 3.23. The molecule has 0 saturated carbocycles. The van der Waals surface area contributed by atoms with Gasteiger partial charge < -0.3 is 0 Å². The Balaban J connectivity index is 2.53. The van der Waals surface area contributed by atoms with Crippen LogP contribution in [0.1, 0.15) is 10.4 Å². The molecule has 1 aromatic heterocycles. The molecule has 80 valence electrons. The summed E-state index contributed by atoms with van der Waals surface area (Å²) in [7, 11) is 0. The highest BCUT2D eigenvalue weighted by Crippen LogP contribution is 2.22. The molecule has 4 nitrogen and oxygen atoms in total. The molecule has 1 aromatic carbocycles. The zero-order chi connectivity index (χ0) is 11.4. The topological polar surface area (TPSA) is 62.2 Å². The second-order valence-electron chi connectivity index (χ2n) is 3.23. The number of hydrogen-bond acceptors (Lipinski definition) is 3. The van der Waals surface area contributed by atoms with Crippen molar-refractivity contribution >= 4 is 5.91 Å². The Morgan fingerprint density at radius 2 is 2.00 bits per heavy atom. The van der Waals surface area contributed by atoms with Crippen molar-refractivity contribution in [1.82, 2.24) is 10.5 Å². The van der Waals surface area contributed by atoms with Crippen LogP contribution < -0.4 is 5.48 Å². The van der Waals surface area contributed by atoms with Gasteiger partial charge >= 0.3 is 0 Å². The highest BCUT2D eigenvalue weighted by Gasteiger charge is 2.10. The van der Waals surface area contributed by atoms with Crippen LogP contribution in [0, 0.1) is 0 Å². The summed E-state index contributed by atoms with van der Waals surface area (Å²) in [6, 6.07) is 10.7. The molecule has 0 aliphatic heterocycles. The number of pyridine rings is 1. The Bertz CT molecular complexity index is 497. The first-order valence-electron chi connectivity index (χ1n) is 4.77. The van der Waals surface area contributed by atoms with Crippen molar-refractivity contribution < 1.29 is 10.0 Å². The van der Waals surface area contributed by atoms with Gasteiger partial charge in [0.05, 0.1) is 0 Å². The Hall–Kier alpha value is -2.20. The lowest BCUT2D eigenvalue weighted by atomic mass is 10.0. The molecule has 0 unspecified atom stereocenters. The normalized spacial score (nSPS) is 9.81. The summed E-state index contributed by atoms with van der Waals surface area (Å²) in [5.74, 6) is -0.528. The lowest BCUT2D eigenvalue weighted by Gasteiger charge is -2.06. The second kappa shape index (κ2) is 4.55. The van der Waals surface area contributed by atoms with E-state index in [-0.39, 0.29) is 0 Å². The monoisotopic (exact) mass is 214 g/mol. The average Bonchev–Trinajstić information content (AvgIpc) is 2.39. The molecule has 2 aromatic rings. The zero-order valence-corrected chi connectivity index (χ0v) is 8.42. The first-order valence-corrected chi connectivity index (χ1v) is 4.77. The smallest absolute Gasteiger partial charge is 0.275 e. The summed E-state index contributed by atoms with van der Waals surface area (Å²) >= 11 is 0. The Morgan fingerprint density at radius 3 is 2.69 bits per heavy atom. The molecular formula is C12H10N2O2. The predicted molar refractivity (Wildman–Crippen MR) is 58.9 cm³/mol. The number of benzene rings is 1. The fourth-order valence-corrected chi connectivity index (χ4v) is 1.52. The van der Waals surface area contributed by atoms with E-state index in [0.29, 0.717) is 5.56 Å². The first kappa shape index (κ1) is 10.3. The minimum absolute atomic E-state index is 0.415. The van der Waals surface area contributed by atoms with Gasteiger partial charge in [0.25, 0.3) is 5.91 Å². The molecule has 4 heteroatoms. The largest absolute Gasteiger partial charge is 0.288 e. The molecule has 16 heavy (non-hydrogen) atoms. The van der Waals surface area contributed by atoms with Gasteiger partial charge in [-0.3, -0.25) is 15.0 Å². The minimum atomic E-state index is -0.528. The molecule has 1 heterocycles. The Kier molecular flexibility index (Phi) is 2.93. The summed E-state index contributed by atoms with van der Waals surface area (Å²) in [5, 5.41) is 8.64. The van der Waals surface area contributed by atoms with Gasteiger partial charge in [-0.05, 0) is 17.7 Å². The molecule has 0 radical (unpaired) electrons. The maximum Gasteiger partial charge on any atom is 0.275 e. The fourth-order valence-electron chi connectivity index (χ4n) is 1.52. The quantitative estimate of drug-likeness (QED) is 0.592. The highest BCUT2D eigenvalue weighted by atomic mass is 16.5. The van der Waals surface area contributed by atoms with Crippen molar-refractivity contribution in [3.8, 4) is 11.1 Å². The van der Waals surface area contributed by atoms with Gasteiger partial charge in [-0.15, -0.1) is 0 Å². The number of hydroxylamine groups is 1. The van der Waals surface area contributed by atoms with Crippen molar-refractivity contribution in [1.29, 1.82) is 0 Å². The van der Waals surface area contributed by atoms with Gasteiger partial charge in [-0.25, -0.2) is 5.48 Å². The number of carbonyl (C=O) groups is 1. The fraction of sp³-hybridized carbons (Fsp3) is 0. The van der Waals surface area contributed by atoms with E-state index in [9.17, 15) is 4.79 Å². The average molecular weight is 214 g/mol. The van der Waals surface area contributed by atoms with E-state index in [4.69, 9.17) is 5.21 Å². The summed E-state index contributed by atoms with van der Waals surface area (Å²) in [4.78, 5) is 15.4. The minimum Gasteiger partial charge on any atom is -0.288 e.